The predicted molar refractivity (Wildman–Crippen MR) is 128 cm³/mol. The van der Waals surface area contributed by atoms with Gasteiger partial charge in [0.25, 0.3) is 0 Å². The molecule has 2 atom stereocenters. The van der Waals surface area contributed by atoms with Crippen molar-refractivity contribution in [2.45, 2.75) is 12.1 Å². The number of aromatic nitrogens is 2. The largest absolute Gasteiger partial charge is 0.465 e. The molecule has 1 aromatic carbocycles. The third-order valence-electron chi connectivity index (χ3n) is 5.64. The number of esters is 1. The van der Waals surface area contributed by atoms with Gasteiger partial charge in [0.05, 0.1) is 36.1 Å². The van der Waals surface area contributed by atoms with Crippen molar-refractivity contribution in [1.82, 2.24) is 24.7 Å². The Bertz CT molecular complexity index is 1100. The Morgan fingerprint density at radius 3 is 2.66 bits per heavy atom. The van der Waals surface area contributed by atoms with Crippen LogP contribution in [0.15, 0.2) is 67.0 Å². The van der Waals surface area contributed by atoms with Crippen molar-refractivity contribution in [1.29, 1.82) is 0 Å². The molecule has 1 N–H and O–H groups in total. The number of carbonyl (C=O) groups is 1. The van der Waals surface area contributed by atoms with Crippen LogP contribution in [0.2, 0.25) is 0 Å². The fraction of sp³-hybridized carbons (Fsp3) is 0.292. The monoisotopic (exact) mass is 449 g/mol. The van der Waals surface area contributed by atoms with Crippen molar-refractivity contribution < 1.29 is 9.53 Å². The van der Waals surface area contributed by atoms with Crippen LogP contribution in [0.4, 0.5) is 0 Å². The molecule has 0 saturated carbocycles. The molecule has 0 radical (unpaired) electrons. The highest BCUT2D eigenvalue weighted by Crippen LogP contribution is 2.39. The van der Waals surface area contributed by atoms with Gasteiger partial charge in [-0.05, 0) is 62.7 Å². The molecular formula is C24H27N5O2S. The number of benzene rings is 1. The van der Waals surface area contributed by atoms with E-state index in [0.29, 0.717) is 10.7 Å². The minimum Gasteiger partial charge on any atom is -0.465 e. The number of nitrogens with zero attached hydrogens (tertiary/aromatic N) is 4. The van der Waals surface area contributed by atoms with E-state index in [1.54, 1.807) is 12.3 Å². The molecule has 0 spiro atoms. The van der Waals surface area contributed by atoms with Gasteiger partial charge in [-0.2, -0.15) is 0 Å². The van der Waals surface area contributed by atoms with Gasteiger partial charge in [-0.25, -0.2) is 4.79 Å². The lowest BCUT2D eigenvalue weighted by atomic mass is 10.0. The van der Waals surface area contributed by atoms with Crippen LogP contribution in [-0.2, 0) is 4.74 Å². The number of carbonyl (C=O) groups excluding carboxylic acids is 1. The van der Waals surface area contributed by atoms with E-state index in [-0.39, 0.29) is 18.1 Å². The molecule has 0 amide bonds. The Kier molecular flexibility index (Phi) is 6.53. The van der Waals surface area contributed by atoms with Crippen LogP contribution in [0.3, 0.4) is 0 Å². The minimum absolute atomic E-state index is 0.0990. The SMILES string of the molecule is COC(=O)c1ccccc1-n1cccc1[C@@H]1[C@@H](c2ccccn2)NC(=S)N1CCN(C)C. The van der Waals surface area contributed by atoms with Crippen LogP contribution in [0.25, 0.3) is 5.69 Å². The number of thiocarbonyl (C=S) groups is 1. The maximum absolute atomic E-state index is 12.4. The Labute approximate surface area is 193 Å². The number of rotatable bonds is 7. The third kappa shape index (κ3) is 4.24. The van der Waals surface area contributed by atoms with Gasteiger partial charge in [0.15, 0.2) is 5.11 Å². The third-order valence-corrected chi connectivity index (χ3v) is 5.99. The quantitative estimate of drug-likeness (QED) is 0.439. The van der Waals surface area contributed by atoms with Crippen LogP contribution in [-0.4, -0.2) is 64.7 Å². The van der Waals surface area contributed by atoms with Gasteiger partial charge in [-0.3, -0.25) is 4.98 Å². The molecule has 0 bridgehead atoms. The molecule has 2 aromatic heterocycles. The average molecular weight is 450 g/mol. The fourth-order valence-electron chi connectivity index (χ4n) is 4.10. The number of methoxy groups -OCH3 is 1. The van der Waals surface area contributed by atoms with E-state index in [0.717, 1.165) is 30.2 Å². The van der Waals surface area contributed by atoms with Crippen molar-refractivity contribution in [3.63, 3.8) is 0 Å². The molecule has 1 fully saturated rings. The maximum atomic E-state index is 12.4. The summed E-state index contributed by atoms with van der Waals surface area (Å²) in [6.07, 6.45) is 3.77. The molecule has 3 aromatic rings. The summed E-state index contributed by atoms with van der Waals surface area (Å²) in [5.41, 5.74) is 3.21. The lowest BCUT2D eigenvalue weighted by molar-refractivity contribution is 0.0600. The Balaban J connectivity index is 1.82. The van der Waals surface area contributed by atoms with Crippen molar-refractivity contribution in [3.8, 4) is 5.69 Å². The van der Waals surface area contributed by atoms with Crippen molar-refractivity contribution >= 4 is 23.3 Å². The van der Waals surface area contributed by atoms with Gasteiger partial charge < -0.3 is 24.4 Å². The molecule has 0 unspecified atom stereocenters. The predicted octanol–water partition coefficient (Wildman–Crippen LogP) is 3.19. The van der Waals surface area contributed by atoms with Gasteiger partial charge in [0.1, 0.15) is 0 Å². The number of likely N-dealkylation sites (N-methyl/N-ethyl adjacent to an activating group) is 1. The molecule has 3 heterocycles. The zero-order valence-corrected chi connectivity index (χ0v) is 19.2. The molecule has 7 nitrogen and oxygen atoms in total. The number of hydrogen-bond acceptors (Lipinski definition) is 5. The van der Waals surface area contributed by atoms with Crippen LogP contribution >= 0.6 is 12.2 Å². The van der Waals surface area contributed by atoms with Gasteiger partial charge in [-0.15, -0.1) is 0 Å². The van der Waals surface area contributed by atoms with Gasteiger partial charge in [-0.1, -0.05) is 18.2 Å². The molecule has 4 rings (SSSR count). The number of nitrogens with one attached hydrogen (secondary N) is 1. The van der Waals surface area contributed by atoms with Gasteiger partial charge >= 0.3 is 5.97 Å². The van der Waals surface area contributed by atoms with Crippen LogP contribution in [0.1, 0.15) is 33.8 Å². The van der Waals surface area contributed by atoms with E-state index in [1.165, 1.54) is 7.11 Å². The number of pyridine rings is 1. The van der Waals surface area contributed by atoms with E-state index in [9.17, 15) is 4.79 Å². The van der Waals surface area contributed by atoms with Crippen molar-refractivity contribution in [2.75, 3.05) is 34.3 Å². The summed E-state index contributed by atoms with van der Waals surface area (Å²) in [4.78, 5) is 21.4. The molecule has 8 heteroatoms. The molecule has 1 aliphatic heterocycles. The number of ether oxygens (including phenoxy) is 1. The van der Waals surface area contributed by atoms with Crippen LogP contribution < -0.4 is 5.32 Å². The second-order valence-electron chi connectivity index (χ2n) is 7.94. The summed E-state index contributed by atoms with van der Waals surface area (Å²) < 4.78 is 7.07. The zero-order valence-electron chi connectivity index (χ0n) is 18.4. The molecule has 1 aliphatic rings. The summed E-state index contributed by atoms with van der Waals surface area (Å²) in [6, 6.07) is 17.2. The second-order valence-corrected chi connectivity index (χ2v) is 8.32. The van der Waals surface area contributed by atoms with E-state index in [1.807, 2.05) is 67.3 Å². The standard InChI is InChI=1S/C24H27N5O2S/c1-27(2)15-16-29-22(21(26-24(29)32)18-10-6-7-13-25-18)20-12-8-14-28(20)19-11-5-4-9-17(19)23(30)31-3/h4-14,21-22H,15-16H2,1-3H3,(H,26,32)/t21-,22-/m1/s1. The van der Waals surface area contributed by atoms with E-state index >= 15 is 0 Å². The molecule has 1 saturated heterocycles. The van der Waals surface area contributed by atoms with Gasteiger partial charge in [0.2, 0.25) is 0 Å². The summed E-state index contributed by atoms with van der Waals surface area (Å²) in [5, 5.41) is 4.18. The molecular weight excluding hydrogens is 422 g/mol. The Hall–Kier alpha value is -3.23. The highest BCUT2D eigenvalue weighted by Gasteiger charge is 2.41. The lowest BCUT2D eigenvalue weighted by Gasteiger charge is -2.30. The average Bonchev–Trinajstić information content (AvgIpc) is 3.41. The first-order valence-electron chi connectivity index (χ1n) is 10.5. The fourth-order valence-corrected chi connectivity index (χ4v) is 4.43. The first-order chi connectivity index (χ1) is 15.5. The Morgan fingerprint density at radius 1 is 1.16 bits per heavy atom. The first kappa shape index (κ1) is 22.0. The van der Waals surface area contributed by atoms with Crippen LogP contribution in [0, 0.1) is 0 Å². The lowest BCUT2D eigenvalue weighted by Crippen LogP contribution is -2.36. The van der Waals surface area contributed by atoms with Gasteiger partial charge in [0, 0.05) is 31.2 Å². The minimum atomic E-state index is -0.369. The second kappa shape index (κ2) is 9.50. The van der Waals surface area contributed by atoms with E-state index in [4.69, 9.17) is 17.0 Å². The summed E-state index contributed by atoms with van der Waals surface area (Å²) in [5.74, 6) is -0.369. The summed E-state index contributed by atoms with van der Waals surface area (Å²) in [6.45, 7) is 1.61. The Morgan fingerprint density at radius 2 is 1.94 bits per heavy atom. The van der Waals surface area contributed by atoms with Crippen molar-refractivity contribution in [3.05, 3.63) is 83.9 Å². The number of hydrogen-bond donors (Lipinski definition) is 1. The summed E-state index contributed by atoms with van der Waals surface area (Å²) in [7, 11) is 5.50. The highest BCUT2D eigenvalue weighted by molar-refractivity contribution is 7.80. The van der Waals surface area contributed by atoms with Crippen LogP contribution in [0.5, 0.6) is 0 Å². The zero-order chi connectivity index (χ0) is 22.7. The van der Waals surface area contributed by atoms with E-state index < -0.39 is 0 Å². The topological polar surface area (TPSA) is 62.6 Å². The highest BCUT2D eigenvalue weighted by atomic mass is 32.1. The van der Waals surface area contributed by atoms with Crippen molar-refractivity contribution in [2.24, 2.45) is 0 Å². The first-order valence-corrected chi connectivity index (χ1v) is 10.9. The molecule has 166 valence electrons. The molecule has 0 aliphatic carbocycles. The summed E-state index contributed by atoms with van der Waals surface area (Å²) >= 11 is 5.75. The smallest absolute Gasteiger partial charge is 0.339 e. The molecule has 32 heavy (non-hydrogen) atoms. The number of para-hydroxylation sites is 1. The van der Waals surface area contributed by atoms with E-state index in [2.05, 4.69) is 26.2 Å². The maximum Gasteiger partial charge on any atom is 0.339 e. The normalized spacial score (nSPS) is 18.1.